The van der Waals surface area contributed by atoms with Gasteiger partial charge in [-0.3, -0.25) is 19.6 Å². The topological polar surface area (TPSA) is 121 Å². The minimum atomic E-state index is -0.931. The van der Waals surface area contributed by atoms with Gasteiger partial charge >= 0.3 is 5.97 Å². The molecule has 1 atom stereocenters. The van der Waals surface area contributed by atoms with Gasteiger partial charge in [0.2, 0.25) is 0 Å². The van der Waals surface area contributed by atoms with E-state index in [1.165, 1.54) is 12.1 Å². The fraction of sp³-hybridized carbons (Fsp3) is 0.308. The molecule has 0 aliphatic carbocycles. The molecule has 7 heteroatoms. The molecule has 1 aromatic carbocycles. The van der Waals surface area contributed by atoms with E-state index in [0.717, 1.165) is 0 Å². The third kappa shape index (κ3) is 3.19. The van der Waals surface area contributed by atoms with Crippen molar-refractivity contribution in [1.82, 2.24) is 5.06 Å². The Labute approximate surface area is 115 Å². The summed E-state index contributed by atoms with van der Waals surface area (Å²) >= 11 is 0. The molecule has 4 N–H and O–H groups in total. The molecular weight excluding hydrogens is 264 g/mol. The van der Waals surface area contributed by atoms with Gasteiger partial charge in [0.15, 0.2) is 0 Å². The lowest BCUT2D eigenvalue weighted by atomic mass is 10.1. The van der Waals surface area contributed by atoms with Crippen molar-refractivity contribution in [2.24, 2.45) is 11.7 Å². The Kier molecular flexibility index (Phi) is 4.95. The predicted molar refractivity (Wildman–Crippen MR) is 69.2 cm³/mol. The first-order valence-corrected chi connectivity index (χ1v) is 5.92. The molecule has 7 nitrogen and oxygen atoms in total. The first-order valence-electron chi connectivity index (χ1n) is 5.92. The van der Waals surface area contributed by atoms with Crippen LogP contribution in [0.25, 0.3) is 0 Å². The number of hydroxylamine groups is 2. The molecule has 1 aliphatic heterocycles. The van der Waals surface area contributed by atoms with E-state index in [2.05, 4.69) is 0 Å². The monoisotopic (exact) mass is 280 g/mol. The van der Waals surface area contributed by atoms with E-state index in [4.69, 9.17) is 16.0 Å². The van der Waals surface area contributed by atoms with E-state index in [-0.39, 0.29) is 22.1 Å². The lowest BCUT2D eigenvalue weighted by molar-refractivity contribution is -0.139. The van der Waals surface area contributed by atoms with E-state index in [0.29, 0.717) is 0 Å². The number of nitrogens with zero attached hydrogens (tertiary/aromatic N) is 1. The fourth-order valence-corrected chi connectivity index (χ4v) is 1.46. The van der Waals surface area contributed by atoms with Gasteiger partial charge in [-0.25, -0.2) is 0 Å². The first-order chi connectivity index (χ1) is 9.27. The van der Waals surface area contributed by atoms with Crippen LogP contribution in [0.5, 0.6) is 0 Å². The zero-order valence-corrected chi connectivity index (χ0v) is 11.1. The van der Waals surface area contributed by atoms with E-state index in [9.17, 15) is 14.4 Å². The standard InChI is InChI=1S/C8H5NO3.C5H11NO2/c10-7-5-3-1-2-4-6(5)8(11)9(7)12;1-3(2)4(6)5(7)8/h1-4,12H;3-4H,6H2,1-2H3,(H,7,8)/t;4-/m.0/s1. The number of aliphatic carboxylic acids is 1. The minimum absolute atomic E-state index is 0.0208. The van der Waals surface area contributed by atoms with E-state index in [1.54, 1.807) is 26.0 Å². The van der Waals surface area contributed by atoms with E-state index in [1.807, 2.05) is 0 Å². The molecule has 0 unspecified atom stereocenters. The molecule has 2 rings (SSSR count). The van der Waals surface area contributed by atoms with Crippen molar-refractivity contribution in [1.29, 1.82) is 0 Å². The normalized spacial score (nSPS) is 14.8. The third-order valence-electron chi connectivity index (χ3n) is 2.78. The number of nitrogens with two attached hydrogens (primary N) is 1. The van der Waals surface area contributed by atoms with Gasteiger partial charge in [-0.15, -0.1) is 5.06 Å². The summed E-state index contributed by atoms with van der Waals surface area (Å²) in [6.07, 6.45) is 0. The van der Waals surface area contributed by atoms with Crippen LogP contribution in [-0.2, 0) is 4.79 Å². The number of imide groups is 1. The van der Waals surface area contributed by atoms with Crippen LogP contribution < -0.4 is 5.73 Å². The maximum atomic E-state index is 11.1. The molecule has 0 spiro atoms. The summed E-state index contributed by atoms with van der Waals surface area (Å²) in [7, 11) is 0. The van der Waals surface area contributed by atoms with Crippen LogP contribution in [0.15, 0.2) is 24.3 Å². The number of hydrogen-bond donors (Lipinski definition) is 3. The molecule has 2 amide bonds. The summed E-state index contributed by atoms with van der Waals surface area (Å²) in [5, 5.41) is 17.3. The molecule has 0 aromatic heterocycles. The van der Waals surface area contributed by atoms with Gasteiger partial charge in [-0.2, -0.15) is 0 Å². The van der Waals surface area contributed by atoms with Crippen LogP contribution in [-0.4, -0.2) is 39.2 Å². The van der Waals surface area contributed by atoms with Gasteiger partial charge in [0.05, 0.1) is 11.1 Å². The summed E-state index contributed by atoms with van der Waals surface area (Å²) in [6.45, 7) is 3.55. The number of carboxylic acid groups (broad SMARTS) is 1. The highest BCUT2D eigenvalue weighted by Gasteiger charge is 2.33. The van der Waals surface area contributed by atoms with Crippen LogP contribution in [0, 0.1) is 5.92 Å². The molecule has 1 heterocycles. The van der Waals surface area contributed by atoms with Gasteiger partial charge in [-0.05, 0) is 18.1 Å². The number of benzene rings is 1. The Morgan fingerprint density at radius 1 is 1.15 bits per heavy atom. The molecule has 0 saturated heterocycles. The number of carboxylic acids is 1. The van der Waals surface area contributed by atoms with Gasteiger partial charge < -0.3 is 10.8 Å². The average Bonchev–Trinajstić information content (AvgIpc) is 2.64. The first kappa shape index (κ1) is 15.8. The Balaban J connectivity index is 0.000000221. The van der Waals surface area contributed by atoms with Crippen molar-refractivity contribution in [3.05, 3.63) is 35.4 Å². The van der Waals surface area contributed by atoms with Crippen molar-refractivity contribution in [3.63, 3.8) is 0 Å². The fourth-order valence-electron chi connectivity index (χ4n) is 1.46. The molecule has 0 bridgehead atoms. The SMILES string of the molecule is CC(C)[C@H](N)C(=O)O.O=C1c2ccccc2C(=O)N1O. The number of rotatable bonds is 2. The Morgan fingerprint density at radius 2 is 1.55 bits per heavy atom. The maximum Gasteiger partial charge on any atom is 0.320 e. The second-order valence-corrected chi connectivity index (χ2v) is 4.58. The highest BCUT2D eigenvalue weighted by Crippen LogP contribution is 2.19. The number of carbonyl (C=O) groups excluding carboxylic acids is 2. The Morgan fingerprint density at radius 3 is 1.80 bits per heavy atom. The molecule has 20 heavy (non-hydrogen) atoms. The summed E-state index contributed by atoms with van der Waals surface area (Å²) in [4.78, 5) is 32.1. The third-order valence-corrected chi connectivity index (χ3v) is 2.78. The van der Waals surface area contributed by atoms with Crippen LogP contribution in [0.3, 0.4) is 0 Å². The number of hydrogen-bond acceptors (Lipinski definition) is 5. The smallest absolute Gasteiger partial charge is 0.320 e. The minimum Gasteiger partial charge on any atom is -0.480 e. The molecular formula is C13H16N2O5. The largest absolute Gasteiger partial charge is 0.480 e. The highest BCUT2D eigenvalue weighted by atomic mass is 16.5. The quantitative estimate of drug-likeness (QED) is 0.542. The second-order valence-electron chi connectivity index (χ2n) is 4.58. The van der Waals surface area contributed by atoms with Crippen molar-refractivity contribution in [2.75, 3.05) is 0 Å². The summed E-state index contributed by atoms with van der Waals surface area (Å²) < 4.78 is 0. The molecule has 1 aliphatic rings. The predicted octanol–water partition coefficient (Wildman–Crippen LogP) is 0.726. The van der Waals surface area contributed by atoms with Gasteiger partial charge in [0.25, 0.3) is 11.8 Å². The molecule has 0 radical (unpaired) electrons. The number of carbonyl (C=O) groups is 3. The summed E-state index contributed by atoms with van der Waals surface area (Å²) in [6, 6.07) is 5.58. The van der Waals surface area contributed by atoms with Crippen LogP contribution in [0.2, 0.25) is 0 Å². The van der Waals surface area contributed by atoms with E-state index < -0.39 is 23.8 Å². The van der Waals surface area contributed by atoms with Crippen molar-refractivity contribution >= 4 is 17.8 Å². The second kappa shape index (κ2) is 6.27. The lowest BCUT2D eigenvalue weighted by Gasteiger charge is -2.07. The van der Waals surface area contributed by atoms with Gasteiger partial charge in [0.1, 0.15) is 6.04 Å². The molecule has 0 fully saturated rings. The maximum absolute atomic E-state index is 11.1. The molecule has 108 valence electrons. The van der Waals surface area contributed by atoms with Crippen molar-refractivity contribution in [3.8, 4) is 0 Å². The molecule has 1 aromatic rings. The zero-order chi connectivity index (χ0) is 15.4. The van der Waals surface area contributed by atoms with Crippen LogP contribution in [0.1, 0.15) is 34.6 Å². The average molecular weight is 280 g/mol. The highest BCUT2D eigenvalue weighted by molar-refractivity contribution is 6.20. The zero-order valence-electron chi connectivity index (χ0n) is 11.1. The summed E-state index contributed by atoms with van der Waals surface area (Å²) in [5.41, 5.74) is 5.67. The van der Waals surface area contributed by atoms with Gasteiger partial charge in [-0.1, -0.05) is 26.0 Å². The number of amides is 2. The van der Waals surface area contributed by atoms with Crippen molar-refractivity contribution in [2.45, 2.75) is 19.9 Å². The van der Waals surface area contributed by atoms with Crippen LogP contribution in [0.4, 0.5) is 0 Å². The van der Waals surface area contributed by atoms with Crippen LogP contribution >= 0.6 is 0 Å². The Hall–Kier alpha value is -2.25. The van der Waals surface area contributed by atoms with Gasteiger partial charge in [0, 0.05) is 0 Å². The summed E-state index contributed by atoms with van der Waals surface area (Å²) in [5.74, 6) is -2.22. The number of fused-ring (bicyclic) bond motifs is 1. The molecule has 0 saturated carbocycles. The van der Waals surface area contributed by atoms with Crippen molar-refractivity contribution < 1.29 is 24.7 Å². The lowest BCUT2D eigenvalue weighted by Crippen LogP contribution is -2.34. The van der Waals surface area contributed by atoms with E-state index >= 15 is 0 Å². The Bertz CT molecular complexity index is 506.